The molecule has 3 rings (SSSR count). The number of hydrogen-bond acceptors (Lipinski definition) is 4. The summed E-state index contributed by atoms with van der Waals surface area (Å²) in [6, 6.07) is 12.7. The van der Waals surface area contributed by atoms with Gasteiger partial charge in [0.05, 0.1) is 0 Å². The molecule has 2 heterocycles. The van der Waals surface area contributed by atoms with Gasteiger partial charge in [0.2, 0.25) is 5.88 Å². The first-order valence-corrected chi connectivity index (χ1v) is 7.10. The summed E-state index contributed by atoms with van der Waals surface area (Å²) in [5.74, 6) is -1.22. The Kier molecular flexibility index (Phi) is 3.80. The number of aryl methyl sites for hydroxylation is 1. The van der Waals surface area contributed by atoms with Crippen LogP contribution in [-0.4, -0.2) is 20.4 Å². The topological polar surface area (TPSA) is 83.7 Å². The van der Waals surface area contributed by atoms with Crippen LogP contribution < -0.4 is 10.9 Å². The molecule has 0 fully saturated rings. The van der Waals surface area contributed by atoms with Crippen LogP contribution in [0.15, 0.2) is 53.5 Å². The van der Waals surface area contributed by atoms with Gasteiger partial charge >= 0.3 is 0 Å². The van der Waals surface area contributed by atoms with E-state index in [0.717, 1.165) is 11.1 Å². The van der Waals surface area contributed by atoms with Gasteiger partial charge in [0, 0.05) is 12.7 Å². The second-order valence-electron chi connectivity index (χ2n) is 5.22. The van der Waals surface area contributed by atoms with Gasteiger partial charge in [0.15, 0.2) is 5.56 Å². The largest absolute Gasteiger partial charge is 0.493 e. The van der Waals surface area contributed by atoms with Crippen molar-refractivity contribution in [3.05, 3.63) is 75.7 Å². The number of aromatic nitrogens is 2. The van der Waals surface area contributed by atoms with E-state index < -0.39 is 17.3 Å². The predicted molar refractivity (Wildman–Crippen MR) is 85.5 cm³/mol. The first-order chi connectivity index (χ1) is 11.1. The fourth-order valence-corrected chi connectivity index (χ4v) is 2.29. The van der Waals surface area contributed by atoms with Gasteiger partial charge in [-0.3, -0.25) is 14.0 Å². The van der Waals surface area contributed by atoms with Gasteiger partial charge in [-0.05, 0) is 30.2 Å². The van der Waals surface area contributed by atoms with Crippen molar-refractivity contribution in [3.8, 4) is 5.88 Å². The summed E-state index contributed by atoms with van der Waals surface area (Å²) in [7, 11) is 0. The lowest BCUT2D eigenvalue weighted by atomic mass is 10.2. The van der Waals surface area contributed by atoms with Crippen molar-refractivity contribution in [2.75, 3.05) is 0 Å². The molecule has 0 aliphatic rings. The fourth-order valence-electron chi connectivity index (χ4n) is 2.29. The first-order valence-electron chi connectivity index (χ1n) is 7.10. The third-order valence-corrected chi connectivity index (χ3v) is 3.49. The van der Waals surface area contributed by atoms with Gasteiger partial charge in [0.25, 0.3) is 11.5 Å². The number of amides is 1. The molecular formula is C17H15N3O3. The third kappa shape index (κ3) is 2.91. The van der Waals surface area contributed by atoms with E-state index in [1.165, 1.54) is 10.6 Å². The Morgan fingerprint density at radius 1 is 1.26 bits per heavy atom. The van der Waals surface area contributed by atoms with Crippen molar-refractivity contribution in [3.63, 3.8) is 0 Å². The number of nitrogens with one attached hydrogen (secondary N) is 1. The van der Waals surface area contributed by atoms with Crippen LogP contribution in [0.3, 0.4) is 0 Å². The molecule has 2 aromatic heterocycles. The highest BCUT2D eigenvalue weighted by molar-refractivity contribution is 5.96. The molecule has 6 heteroatoms. The molecule has 2 N–H and O–H groups in total. The maximum Gasteiger partial charge on any atom is 0.274 e. The van der Waals surface area contributed by atoms with Crippen molar-refractivity contribution in [2.24, 2.45) is 0 Å². The van der Waals surface area contributed by atoms with Crippen LogP contribution in [-0.2, 0) is 6.54 Å². The minimum atomic E-state index is -0.654. The van der Waals surface area contributed by atoms with Crippen LogP contribution in [0, 0.1) is 6.92 Å². The summed E-state index contributed by atoms with van der Waals surface area (Å²) in [4.78, 5) is 28.6. The summed E-state index contributed by atoms with van der Waals surface area (Å²) >= 11 is 0. The van der Waals surface area contributed by atoms with Gasteiger partial charge in [-0.15, -0.1) is 0 Å². The Labute approximate surface area is 132 Å². The van der Waals surface area contributed by atoms with E-state index in [1.807, 2.05) is 37.3 Å². The number of fused-ring (bicyclic) bond motifs is 1. The highest BCUT2D eigenvalue weighted by Gasteiger charge is 2.19. The van der Waals surface area contributed by atoms with Gasteiger partial charge in [0.1, 0.15) is 5.65 Å². The summed E-state index contributed by atoms with van der Waals surface area (Å²) < 4.78 is 1.24. The highest BCUT2D eigenvalue weighted by Crippen LogP contribution is 2.12. The molecule has 1 amide bonds. The zero-order valence-corrected chi connectivity index (χ0v) is 12.5. The Bertz CT molecular complexity index is 933. The second kappa shape index (κ2) is 5.92. The van der Waals surface area contributed by atoms with Gasteiger partial charge in [-0.2, -0.15) is 4.98 Å². The Hall–Kier alpha value is -3.15. The molecular weight excluding hydrogens is 294 g/mol. The number of nitrogens with zero attached hydrogens (tertiary/aromatic N) is 2. The zero-order valence-electron chi connectivity index (χ0n) is 12.5. The molecule has 0 radical (unpaired) electrons. The summed E-state index contributed by atoms with van der Waals surface area (Å²) in [5, 5.41) is 12.6. The van der Waals surface area contributed by atoms with Crippen LogP contribution in [0.1, 0.15) is 21.5 Å². The van der Waals surface area contributed by atoms with E-state index >= 15 is 0 Å². The minimum absolute atomic E-state index is 0.259. The molecule has 0 aliphatic heterocycles. The van der Waals surface area contributed by atoms with Crippen molar-refractivity contribution in [1.29, 1.82) is 0 Å². The van der Waals surface area contributed by atoms with Crippen LogP contribution in [0.25, 0.3) is 5.65 Å². The third-order valence-electron chi connectivity index (χ3n) is 3.49. The maximum absolute atomic E-state index is 12.4. The number of rotatable bonds is 3. The van der Waals surface area contributed by atoms with Crippen LogP contribution in [0.2, 0.25) is 0 Å². The Morgan fingerprint density at radius 3 is 2.74 bits per heavy atom. The predicted octanol–water partition coefficient (Wildman–Crippen LogP) is 1.64. The second-order valence-corrected chi connectivity index (χ2v) is 5.22. The van der Waals surface area contributed by atoms with Gasteiger partial charge in [-0.1, -0.05) is 30.3 Å². The van der Waals surface area contributed by atoms with Crippen LogP contribution >= 0.6 is 0 Å². The molecule has 0 saturated carbocycles. The van der Waals surface area contributed by atoms with Crippen LogP contribution in [0.5, 0.6) is 5.88 Å². The number of hydrogen-bond donors (Lipinski definition) is 2. The molecule has 23 heavy (non-hydrogen) atoms. The van der Waals surface area contributed by atoms with E-state index in [-0.39, 0.29) is 12.1 Å². The average molecular weight is 309 g/mol. The van der Waals surface area contributed by atoms with E-state index in [4.69, 9.17) is 0 Å². The minimum Gasteiger partial charge on any atom is -0.493 e. The number of carbonyl (C=O) groups is 1. The van der Waals surface area contributed by atoms with E-state index in [2.05, 4.69) is 10.3 Å². The quantitative estimate of drug-likeness (QED) is 0.770. The molecule has 6 nitrogen and oxygen atoms in total. The molecule has 116 valence electrons. The standard InChI is InChI=1S/C17H15N3O3/c1-11-7-8-20-13(9-11)19-16(22)14(17(20)23)15(21)18-10-12-5-3-2-4-6-12/h2-9,22H,10H2,1H3,(H,18,21). The smallest absolute Gasteiger partial charge is 0.274 e. The molecule has 1 aromatic carbocycles. The normalized spacial score (nSPS) is 10.7. The molecule has 0 saturated heterocycles. The molecule has 0 unspecified atom stereocenters. The maximum atomic E-state index is 12.4. The number of aromatic hydroxyl groups is 1. The molecule has 0 atom stereocenters. The van der Waals surface area contributed by atoms with Gasteiger partial charge < -0.3 is 10.4 Å². The molecule has 0 aliphatic carbocycles. The van der Waals surface area contributed by atoms with Crippen molar-refractivity contribution in [1.82, 2.24) is 14.7 Å². The highest BCUT2D eigenvalue weighted by atomic mass is 16.3. The van der Waals surface area contributed by atoms with Crippen LogP contribution in [0.4, 0.5) is 0 Å². The number of pyridine rings is 1. The summed E-state index contributed by atoms with van der Waals surface area (Å²) in [5.41, 5.74) is 1.13. The SMILES string of the molecule is Cc1ccn2c(=O)c(C(=O)NCc3ccccc3)c(O)nc2c1. The zero-order chi connectivity index (χ0) is 16.4. The fraction of sp³-hybridized carbons (Fsp3) is 0.118. The lowest BCUT2D eigenvalue weighted by molar-refractivity contribution is 0.0945. The van der Waals surface area contributed by atoms with E-state index in [1.54, 1.807) is 12.1 Å². The lowest BCUT2D eigenvalue weighted by Gasteiger charge is -2.08. The van der Waals surface area contributed by atoms with Crippen molar-refractivity contribution < 1.29 is 9.90 Å². The number of benzene rings is 1. The number of carbonyl (C=O) groups excluding carboxylic acids is 1. The molecule has 3 aromatic rings. The average Bonchev–Trinajstić information content (AvgIpc) is 2.53. The Morgan fingerprint density at radius 2 is 2.00 bits per heavy atom. The van der Waals surface area contributed by atoms with Crippen molar-refractivity contribution >= 4 is 11.6 Å². The van der Waals surface area contributed by atoms with E-state index in [9.17, 15) is 14.7 Å². The van der Waals surface area contributed by atoms with Crippen molar-refractivity contribution in [2.45, 2.75) is 13.5 Å². The van der Waals surface area contributed by atoms with E-state index in [0.29, 0.717) is 5.65 Å². The van der Waals surface area contributed by atoms with Gasteiger partial charge in [-0.25, -0.2) is 0 Å². The Balaban J connectivity index is 1.94. The molecule has 0 spiro atoms. The lowest BCUT2D eigenvalue weighted by Crippen LogP contribution is -2.31. The monoisotopic (exact) mass is 309 g/mol. The molecule has 0 bridgehead atoms. The summed E-state index contributed by atoms with van der Waals surface area (Å²) in [6.07, 6.45) is 1.54. The first kappa shape index (κ1) is 14.8. The summed E-state index contributed by atoms with van der Waals surface area (Å²) in [6.45, 7) is 2.11.